The molecule has 0 aliphatic rings. The molecule has 0 heterocycles. The van der Waals surface area contributed by atoms with Crippen molar-refractivity contribution in [1.82, 2.24) is 0 Å². The quantitative estimate of drug-likeness (QED) is 0.496. The van der Waals surface area contributed by atoms with Crippen molar-refractivity contribution >= 4 is 23.3 Å². The fraction of sp³-hybridized carbons (Fsp3) is 0.455. The highest BCUT2D eigenvalue weighted by molar-refractivity contribution is 6.05. The minimum atomic E-state index is -0.585. The van der Waals surface area contributed by atoms with E-state index in [1.165, 1.54) is 6.92 Å². The van der Waals surface area contributed by atoms with Crippen molar-refractivity contribution in [2.45, 2.75) is 32.6 Å². The van der Waals surface area contributed by atoms with E-state index in [0.29, 0.717) is 0 Å². The van der Waals surface area contributed by atoms with Gasteiger partial charge in [0.1, 0.15) is 5.78 Å². The van der Waals surface area contributed by atoms with Gasteiger partial charge >= 0.3 is 0 Å². The van der Waals surface area contributed by atoms with E-state index in [1.807, 2.05) is 0 Å². The minimum Gasteiger partial charge on any atom is -0.370 e. The first kappa shape index (κ1) is 14.0. The van der Waals surface area contributed by atoms with Gasteiger partial charge in [0, 0.05) is 25.7 Å². The topological polar surface area (TPSA) is 94.3 Å². The minimum absolute atomic E-state index is 0.0193. The molecule has 0 aliphatic carbocycles. The zero-order chi connectivity index (χ0) is 12.6. The molecule has 5 nitrogen and oxygen atoms in total. The highest BCUT2D eigenvalue weighted by atomic mass is 16.1. The van der Waals surface area contributed by atoms with Gasteiger partial charge in [-0.15, -0.1) is 0 Å². The average Bonchev–Trinajstić information content (AvgIpc) is 2.20. The van der Waals surface area contributed by atoms with E-state index in [2.05, 4.69) is 11.8 Å². The number of amides is 1. The molecule has 0 aliphatic heterocycles. The molecule has 0 unspecified atom stereocenters. The number of Topliss-reactive ketones (excluding diaryl/α,β-unsaturated/α-hetero) is 3. The van der Waals surface area contributed by atoms with Crippen LogP contribution >= 0.6 is 0 Å². The fourth-order valence-electron chi connectivity index (χ4n) is 0.791. The van der Waals surface area contributed by atoms with Crippen LogP contribution in [0.1, 0.15) is 32.6 Å². The Hall–Kier alpha value is -1.96. The molecule has 0 saturated heterocycles. The first-order chi connectivity index (χ1) is 7.41. The second-order valence-corrected chi connectivity index (χ2v) is 3.26. The predicted octanol–water partition coefficient (Wildman–Crippen LogP) is -0.237. The van der Waals surface area contributed by atoms with E-state index >= 15 is 0 Å². The summed E-state index contributed by atoms with van der Waals surface area (Å²) in [7, 11) is 0. The van der Waals surface area contributed by atoms with Crippen LogP contribution in [0.2, 0.25) is 0 Å². The Labute approximate surface area is 93.4 Å². The Kier molecular flexibility index (Phi) is 6.45. The van der Waals surface area contributed by atoms with E-state index < -0.39 is 17.5 Å². The van der Waals surface area contributed by atoms with Gasteiger partial charge in [-0.25, -0.2) is 0 Å². The molecule has 16 heavy (non-hydrogen) atoms. The van der Waals surface area contributed by atoms with Gasteiger partial charge in [-0.05, 0) is 18.8 Å². The first-order valence-electron chi connectivity index (χ1n) is 4.77. The second-order valence-electron chi connectivity index (χ2n) is 3.26. The maximum atomic E-state index is 11.0. The van der Waals surface area contributed by atoms with Crippen LogP contribution < -0.4 is 5.73 Å². The monoisotopic (exact) mass is 223 g/mol. The Morgan fingerprint density at radius 3 is 1.69 bits per heavy atom. The number of carbonyl (C=O) groups excluding carboxylic acids is 4. The highest BCUT2D eigenvalue weighted by Gasteiger charge is 2.02. The van der Waals surface area contributed by atoms with Gasteiger partial charge in [-0.2, -0.15) is 0 Å². The van der Waals surface area contributed by atoms with Crippen LogP contribution in [-0.4, -0.2) is 23.3 Å². The molecule has 1 amide bonds. The summed E-state index contributed by atoms with van der Waals surface area (Å²) in [6, 6.07) is 0. The van der Waals surface area contributed by atoms with Crippen molar-refractivity contribution in [3.8, 4) is 11.8 Å². The molecule has 0 rings (SSSR count). The number of primary amides is 1. The Morgan fingerprint density at radius 1 is 0.875 bits per heavy atom. The largest absolute Gasteiger partial charge is 0.370 e. The molecule has 86 valence electrons. The second kappa shape index (κ2) is 7.35. The van der Waals surface area contributed by atoms with E-state index in [0.717, 1.165) is 0 Å². The van der Waals surface area contributed by atoms with Gasteiger partial charge in [0.2, 0.25) is 17.5 Å². The number of nitrogens with two attached hydrogens (primary N) is 1. The normalized spacial score (nSPS) is 8.81. The van der Waals surface area contributed by atoms with Crippen molar-refractivity contribution in [2.24, 2.45) is 5.73 Å². The third-order valence-electron chi connectivity index (χ3n) is 1.64. The van der Waals surface area contributed by atoms with Crippen molar-refractivity contribution in [3.63, 3.8) is 0 Å². The molecule has 5 heteroatoms. The van der Waals surface area contributed by atoms with Crippen LogP contribution in [0.25, 0.3) is 0 Å². The highest BCUT2D eigenvalue weighted by Crippen LogP contribution is 1.92. The van der Waals surface area contributed by atoms with Crippen molar-refractivity contribution in [2.75, 3.05) is 0 Å². The van der Waals surface area contributed by atoms with Gasteiger partial charge in [-0.1, -0.05) is 0 Å². The van der Waals surface area contributed by atoms with Crippen molar-refractivity contribution in [3.05, 3.63) is 0 Å². The number of rotatable bonds is 6. The van der Waals surface area contributed by atoms with Gasteiger partial charge in [0.05, 0.1) is 0 Å². The average molecular weight is 223 g/mol. The van der Waals surface area contributed by atoms with Crippen LogP contribution in [0.4, 0.5) is 0 Å². The lowest BCUT2D eigenvalue weighted by molar-refractivity contribution is -0.121. The van der Waals surface area contributed by atoms with Gasteiger partial charge < -0.3 is 10.5 Å². The maximum Gasteiger partial charge on any atom is 0.217 e. The Morgan fingerprint density at radius 2 is 1.31 bits per heavy atom. The summed E-state index contributed by atoms with van der Waals surface area (Å²) in [5, 5.41) is 0. The number of hydrogen-bond acceptors (Lipinski definition) is 4. The van der Waals surface area contributed by atoms with Crippen LogP contribution in [0.3, 0.4) is 0 Å². The molecule has 0 aromatic carbocycles. The van der Waals surface area contributed by atoms with Crippen LogP contribution in [0, 0.1) is 11.8 Å². The molecule has 0 fully saturated rings. The molecule has 0 aromatic rings. The van der Waals surface area contributed by atoms with Crippen LogP contribution in [0.15, 0.2) is 0 Å². The van der Waals surface area contributed by atoms with E-state index in [4.69, 9.17) is 5.73 Å². The van der Waals surface area contributed by atoms with E-state index in [-0.39, 0.29) is 31.5 Å². The predicted molar refractivity (Wildman–Crippen MR) is 56.1 cm³/mol. The standard InChI is InChI=1S/C11H13NO4/c1-8(13)2-3-9(14)4-5-10(15)6-7-11(12)16/h2-3,6-7H2,1H3,(H2,12,16). The van der Waals surface area contributed by atoms with Crippen molar-refractivity contribution < 1.29 is 19.2 Å². The summed E-state index contributed by atoms with van der Waals surface area (Å²) in [6.45, 7) is 1.37. The third kappa shape index (κ3) is 8.63. The SMILES string of the molecule is CC(=O)CCC(=O)C#CC(=O)CCC(N)=O. The van der Waals surface area contributed by atoms with Gasteiger partial charge in [0.15, 0.2) is 0 Å². The summed E-state index contributed by atoms with van der Waals surface area (Å²) in [4.78, 5) is 42.9. The van der Waals surface area contributed by atoms with Gasteiger partial charge in [-0.3, -0.25) is 14.4 Å². The molecule has 0 atom stereocenters. The molecule has 0 aromatic heterocycles. The Balaban J connectivity index is 3.98. The number of carbonyl (C=O) groups is 4. The lowest BCUT2D eigenvalue weighted by Crippen LogP contribution is -2.12. The molecular weight excluding hydrogens is 210 g/mol. The third-order valence-corrected chi connectivity index (χ3v) is 1.64. The summed E-state index contributed by atoms with van der Waals surface area (Å²) in [5.74, 6) is 2.58. The van der Waals surface area contributed by atoms with Crippen LogP contribution in [-0.2, 0) is 19.2 Å². The molecule has 0 spiro atoms. The van der Waals surface area contributed by atoms with Crippen molar-refractivity contribution in [1.29, 1.82) is 0 Å². The van der Waals surface area contributed by atoms with E-state index in [9.17, 15) is 19.2 Å². The lowest BCUT2D eigenvalue weighted by atomic mass is 10.1. The zero-order valence-corrected chi connectivity index (χ0v) is 9.04. The molecule has 0 bridgehead atoms. The smallest absolute Gasteiger partial charge is 0.217 e. The lowest BCUT2D eigenvalue weighted by Gasteiger charge is -1.89. The number of hydrogen-bond donors (Lipinski definition) is 1. The summed E-state index contributed by atoms with van der Waals surface area (Å²) in [5.41, 5.74) is 4.83. The van der Waals surface area contributed by atoms with Gasteiger partial charge in [0.25, 0.3) is 0 Å². The van der Waals surface area contributed by atoms with E-state index in [1.54, 1.807) is 0 Å². The maximum absolute atomic E-state index is 11.0. The molecule has 0 radical (unpaired) electrons. The fourth-order valence-corrected chi connectivity index (χ4v) is 0.791. The molecule has 0 saturated carbocycles. The Bertz CT molecular complexity index is 339. The van der Waals surface area contributed by atoms with Crippen LogP contribution in [0.5, 0.6) is 0 Å². The first-order valence-corrected chi connectivity index (χ1v) is 4.77. The number of ketones is 3. The summed E-state index contributed by atoms with van der Waals surface area (Å²) in [6.07, 6.45) is -0.00804. The molecule has 2 N–H and O–H groups in total. The summed E-state index contributed by atoms with van der Waals surface area (Å²) < 4.78 is 0. The summed E-state index contributed by atoms with van der Waals surface area (Å²) >= 11 is 0. The molecular formula is C11H13NO4. The zero-order valence-electron chi connectivity index (χ0n) is 9.04.